The Labute approximate surface area is 206 Å². The zero-order valence-electron chi connectivity index (χ0n) is 18.9. The van der Waals surface area contributed by atoms with Crippen LogP contribution in [-0.4, -0.2) is 20.6 Å². The Morgan fingerprint density at radius 2 is 1.89 bits per heavy atom. The summed E-state index contributed by atoms with van der Waals surface area (Å²) in [5, 5.41) is 18.7. The molecule has 1 aromatic heterocycles. The first-order valence-electron chi connectivity index (χ1n) is 10.6. The maximum absolute atomic E-state index is 12.7. The van der Waals surface area contributed by atoms with Crippen molar-refractivity contribution >= 4 is 28.9 Å². The van der Waals surface area contributed by atoms with E-state index in [1.54, 1.807) is 30.5 Å². The summed E-state index contributed by atoms with van der Waals surface area (Å²) >= 11 is 6.07. The maximum Gasteiger partial charge on any atom is 0.276 e. The fourth-order valence-electron chi connectivity index (χ4n) is 3.21. The average molecular weight is 493 g/mol. The van der Waals surface area contributed by atoms with Crippen LogP contribution in [0.3, 0.4) is 0 Å². The number of anilines is 1. The number of rotatable bonds is 8. The van der Waals surface area contributed by atoms with Gasteiger partial charge in [0.25, 0.3) is 11.6 Å². The highest BCUT2D eigenvalue weighted by Gasteiger charge is 2.16. The molecule has 35 heavy (non-hydrogen) atoms. The molecule has 4 aromatic rings. The highest BCUT2D eigenvalue weighted by atomic mass is 35.5. The van der Waals surface area contributed by atoms with Crippen molar-refractivity contribution in [2.45, 2.75) is 20.6 Å². The summed E-state index contributed by atoms with van der Waals surface area (Å²) in [7, 11) is 0. The molecule has 0 aliphatic rings. The van der Waals surface area contributed by atoms with Crippen LogP contribution in [0.25, 0.3) is 0 Å². The van der Waals surface area contributed by atoms with Crippen molar-refractivity contribution in [3.63, 3.8) is 0 Å². The molecular formula is C25H21ClN4O5. The molecule has 1 heterocycles. The number of hydrogen-bond acceptors (Lipinski definition) is 6. The van der Waals surface area contributed by atoms with Gasteiger partial charge in [-0.2, -0.15) is 5.10 Å². The molecule has 0 unspecified atom stereocenters. The number of aromatic nitrogens is 2. The Bertz CT molecular complexity index is 1400. The lowest BCUT2D eigenvalue weighted by molar-refractivity contribution is -0.384. The summed E-state index contributed by atoms with van der Waals surface area (Å²) in [5.41, 5.74) is 1.94. The number of halogens is 1. The molecule has 9 nitrogen and oxygen atoms in total. The molecule has 0 fully saturated rings. The van der Waals surface area contributed by atoms with Gasteiger partial charge in [-0.15, -0.1) is 0 Å². The molecular weight excluding hydrogens is 472 g/mol. The van der Waals surface area contributed by atoms with Crippen molar-refractivity contribution in [1.29, 1.82) is 0 Å². The zero-order chi connectivity index (χ0) is 24.9. The van der Waals surface area contributed by atoms with E-state index in [0.29, 0.717) is 16.5 Å². The molecule has 10 heteroatoms. The molecule has 0 atom stereocenters. The van der Waals surface area contributed by atoms with E-state index in [0.717, 1.165) is 11.1 Å². The average Bonchev–Trinajstić information content (AvgIpc) is 3.30. The Morgan fingerprint density at radius 3 is 2.66 bits per heavy atom. The van der Waals surface area contributed by atoms with Gasteiger partial charge in [0.05, 0.1) is 21.7 Å². The topological polar surface area (TPSA) is 109 Å². The molecule has 0 radical (unpaired) electrons. The van der Waals surface area contributed by atoms with Gasteiger partial charge in [-0.3, -0.25) is 14.9 Å². The number of amides is 1. The van der Waals surface area contributed by atoms with Crippen LogP contribution in [0.15, 0.2) is 72.9 Å². The summed E-state index contributed by atoms with van der Waals surface area (Å²) in [6, 6.07) is 18.3. The number of nitrogens with zero attached hydrogens (tertiary/aromatic N) is 3. The van der Waals surface area contributed by atoms with Gasteiger partial charge < -0.3 is 14.8 Å². The number of aryl methyl sites for hydroxylation is 2. The second kappa shape index (κ2) is 10.3. The van der Waals surface area contributed by atoms with E-state index >= 15 is 0 Å². The molecule has 0 bridgehead atoms. The number of non-ortho nitro benzene ring substituents is 1. The van der Waals surface area contributed by atoms with Crippen LogP contribution in [0.2, 0.25) is 5.02 Å². The highest BCUT2D eigenvalue weighted by Crippen LogP contribution is 2.32. The number of nitro benzene ring substituents is 1. The Hall–Kier alpha value is -4.37. The lowest BCUT2D eigenvalue weighted by Crippen LogP contribution is -2.14. The molecule has 4 rings (SSSR count). The van der Waals surface area contributed by atoms with Crippen LogP contribution >= 0.6 is 11.6 Å². The van der Waals surface area contributed by atoms with Crippen LogP contribution in [-0.2, 0) is 6.73 Å². The number of carbonyl (C=O) groups excluding carboxylic acids is 1. The maximum atomic E-state index is 12.7. The number of para-hydroxylation sites is 1. The predicted molar refractivity (Wildman–Crippen MR) is 131 cm³/mol. The van der Waals surface area contributed by atoms with E-state index in [-0.39, 0.29) is 29.5 Å². The molecule has 0 saturated heterocycles. The standard InChI is InChI=1S/C25H21ClN4O5/c1-16-7-8-17(2)24(11-16)35-20-13-18(12-19(14-20)30(32)33)27-25(31)22-9-10-29(28-22)15-34-23-6-4-3-5-21(23)26/h3-14H,15H2,1-2H3,(H,27,31). The van der Waals surface area contributed by atoms with Gasteiger partial charge >= 0.3 is 0 Å². The zero-order valence-corrected chi connectivity index (χ0v) is 19.7. The second-order valence-electron chi connectivity index (χ2n) is 7.74. The molecule has 3 aromatic carbocycles. The smallest absolute Gasteiger partial charge is 0.276 e. The normalized spacial score (nSPS) is 10.6. The first kappa shape index (κ1) is 23.8. The number of nitro groups is 1. The quantitative estimate of drug-likeness (QED) is 0.233. The minimum Gasteiger partial charge on any atom is -0.470 e. The molecule has 178 valence electrons. The summed E-state index contributed by atoms with van der Waals surface area (Å²) in [6.45, 7) is 3.84. The molecule has 0 aliphatic carbocycles. The lowest BCUT2D eigenvalue weighted by atomic mass is 10.1. The van der Waals surface area contributed by atoms with Gasteiger partial charge in [-0.1, -0.05) is 35.9 Å². The fraction of sp³-hybridized carbons (Fsp3) is 0.120. The second-order valence-corrected chi connectivity index (χ2v) is 8.15. The fourth-order valence-corrected chi connectivity index (χ4v) is 3.40. The van der Waals surface area contributed by atoms with Crippen LogP contribution in [0, 0.1) is 24.0 Å². The van der Waals surface area contributed by atoms with E-state index in [9.17, 15) is 14.9 Å². The first-order chi connectivity index (χ1) is 16.8. The molecule has 0 aliphatic heterocycles. The van der Waals surface area contributed by atoms with Gasteiger partial charge in [-0.25, -0.2) is 4.68 Å². The van der Waals surface area contributed by atoms with Crippen LogP contribution in [0.1, 0.15) is 21.6 Å². The van der Waals surface area contributed by atoms with Crippen molar-refractivity contribution in [3.05, 3.63) is 105 Å². The minimum absolute atomic E-state index is 0.0433. The highest BCUT2D eigenvalue weighted by molar-refractivity contribution is 6.32. The van der Waals surface area contributed by atoms with Crippen molar-refractivity contribution in [2.24, 2.45) is 0 Å². The van der Waals surface area contributed by atoms with Gasteiger partial charge in [0, 0.05) is 18.3 Å². The number of nitrogens with one attached hydrogen (secondary N) is 1. The minimum atomic E-state index is -0.549. The Morgan fingerprint density at radius 1 is 1.09 bits per heavy atom. The molecule has 0 saturated carbocycles. The lowest BCUT2D eigenvalue weighted by Gasteiger charge is -2.11. The van der Waals surface area contributed by atoms with E-state index in [1.165, 1.54) is 28.9 Å². The van der Waals surface area contributed by atoms with Gasteiger partial charge in [0.15, 0.2) is 12.4 Å². The molecule has 0 spiro atoms. The number of carbonyl (C=O) groups is 1. The van der Waals surface area contributed by atoms with E-state index in [4.69, 9.17) is 21.1 Å². The first-order valence-corrected chi connectivity index (χ1v) is 10.9. The van der Waals surface area contributed by atoms with Crippen molar-refractivity contribution in [2.75, 3.05) is 5.32 Å². The van der Waals surface area contributed by atoms with Gasteiger partial charge in [0.2, 0.25) is 0 Å². The summed E-state index contributed by atoms with van der Waals surface area (Å²) in [5.74, 6) is 0.741. The SMILES string of the molecule is Cc1ccc(C)c(Oc2cc(NC(=O)c3ccn(COc4ccccc4Cl)n3)cc([N+](=O)[O-])c2)c1. The third kappa shape index (κ3) is 5.96. The third-order valence-corrected chi connectivity index (χ3v) is 5.31. The van der Waals surface area contributed by atoms with Crippen LogP contribution in [0.5, 0.6) is 17.2 Å². The monoisotopic (exact) mass is 492 g/mol. The van der Waals surface area contributed by atoms with Crippen molar-refractivity contribution in [3.8, 4) is 17.2 Å². The van der Waals surface area contributed by atoms with E-state index < -0.39 is 10.8 Å². The van der Waals surface area contributed by atoms with Crippen LogP contribution < -0.4 is 14.8 Å². The Kier molecular flexibility index (Phi) is 6.98. The number of hydrogen-bond donors (Lipinski definition) is 1. The van der Waals surface area contributed by atoms with E-state index in [2.05, 4.69) is 10.4 Å². The summed E-state index contributed by atoms with van der Waals surface area (Å²) < 4.78 is 12.9. The molecule has 1 amide bonds. The summed E-state index contributed by atoms with van der Waals surface area (Å²) in [6.07, 6.45) is 1.58. The van der Waals surface area contributed by atoms with Gasteiger partial charge in [0.1, 0.15) is 17.2 Å². The van der Waals surface area contributed by atoms with Gasteiger partial charge in [-0.05, 0) is 49.2 Å². The Balaban J connectivity index is 1.49. The van der Waals surface area contributed by atoms with E-state index in [1.807, 2.05) is 32.0 Å². The molecule has 1 N–H and O–H groups in total. The predicted octanol–water partition coefficient (Wildman–Crippen LogP) is 6.14. The third-order valence-electron chi connectivity index (χ3n) is 4.99. The number of ether oxygens (including phenoxy) is 2. The van der Waals surface area contributed by atoms with Crippen molar-refractivity contribution < 1.29 is 19.2 Å². The largest absolute Gasteiger partial charge is 0.470 e. The van der Waals surface area contributed by atoms with Crippen LogP contribution in [0.4, 0.5) is 11.4 Å². The number of benzene rings is 3. The summed E-state index contributed by atoms with van der Waals surface area (Å²) in [4.78, 5) is 23.6. The van der Waals surface area contributed by atoms with Crippen molar-refractivity contribution in [1.82, 2.24) is 9.78 Å².